The van der Waals surface area contributed by atoms with E-state index in [0.29, 0.717) is 18.2 Å². The molecule has 2 aromatic rings. The van der Waals surface area contributed by atoms with Gasteiger partial charge in [-0.1, -0.05) is 28.1 Å². The molecule has 0 bridgehead atoms. The Bertz CT molecular complexity index is 657. The fraction of sp³-hybridized carbons (Fsp3) is 0.294. The van der Waals surface area contributed by atoms with Gasteiger partial charge in [-0.2, -0.15) is 0 Å². The Balaban J connectivity index is 1.63. The molecule has 0 amide bonds. The van der Waals surface area contributed by atoms with Crippen LogP contribution in [0.15, 0.2) is 40.9 Å². The minimum absolute atomic E-state index is 0.336. The topological polar surface area (TPSA) is 12.0 Å². The lowest BCUT2D eigenvalue weighted by atomic mass is 9.88. The molecule has 0 aliphatic heterocycles. The Kier molecular flexibility index (Phi) is 4.36. The van der Waals surface area contributed by atoms with Crippen molar-refractivity contribution in [3.63, 3.8) is 0 Å². The molecule has 0 saturated carbocycles. The van der Waals surface area contributed by atoms with Crippen molar-refractivity contribution in [2.24, 2.45) is 0 Å². The van der Waals surface area contributed by atoms with E-state index in [1.54, 1.807) is 0 Å². The summed E-state index contributed by atoms with van der Waals surface area (Å²) < 4.78 is 27.6. The first-order valence-corrected chi connectivity index (χ1v) is 7.86. The predicted molar refractivity (Wildman–Crippen MR) is 83.2 cm³/mol. The largest absolute Gasteiger partial charge is 0.309 e. The Morgan fingerprint density at radius 2 is 1.95 bits per heavy atom. The molecule has 1 aliphatic carbocycles. The molecule has 0 aromatic heterocycles. The van der Waals surface area contributed by atoms with Gasteiger partial charge in [-0.25, -0.2) is 8.78 Å². The van der Waals surface area contributed by atoms with Crippen LogP contribution in [0, 0.1) is 11.6 Å². The summed E-state index contributed by atoms with van der Waals surface area (Å²) in [6.45, 7) is 0.433. The molecular weight excluding hydrogens is 336 g/mol. The van der Waals surface area contributed by atoms with Crippen LogP contribution in [0.1, 0.15) is 23.1 Å². The number of rotatable bonds is 3. The monoisotopic (exact) mass is 351 g/mol. The van der Waals surface area contributed by atoms with Crippen LogP contribution in [0.5, 0.6) is 0 Å². The van der Waals surface area contributed by atoms with E-state index in [9.17, 15) is 8.78 Å². The number of hydrogen-bond acceptors (Lipinski definition) is 1. The fourth-order valence-corrected chi connectivity index (χ4v) is 3.23. The Morgan fingerprint density at radius 3 is 2.76 bits per heavy atom. The van der Waals surface area contributed by atoms with Crippen molar-refractivity contribution in [2.45, 2.75) is 31.8 Å². The van der Waals surface area contributed by atoms with Crippen LogP contribution in [0.3, 0.4) is 0 Å². The van der Waals surface area contributed by atoms with Crippen molar-refractivity contribution in [2.75, 3.05) is 0 Å². The van der Waals surface area contributed by atoms with E-state index >= 15 is 0 Å². The molecule has 4 heteroatoms. The van der Waals surface area contributed by atoms with Gasteiger partial charge in [0.1, 0.15) is 11.6 Å². The van der Waals surface area contributed by atoms with Gasteiger partial charge in [0.15, 0.2) is 0 Å². The highest BCUT2D eigenvalue weighted by atomic mass is 79.9. The van der Waals surface area contributed by atoms with Gasteiger partial charge in [-0.15, -0.1) is 0 Å². The van der Waals surface area contributed by atoms with Crippen molar-refractivity contribution in [1.29, 1.82) is 0 Å². The highest BCUT2D eigenvalue weighted by Gasteiger charge is 2.18. The Hall–Kier alpha value is -1.26. The SMILES string of the molecule is Fc1ccc(CNC2CCc3cc(Br)ccc3C2)c(F)c1. The highest BCUT2D eigenvalue weighted by molar-refractivity contribution is 9.10. The number of halogens is 3. The maximum absolute atomic E-state index is 13.6. The molecule has 21 heavy (non-hydrogen) atoms. The summed E-state index contributed by atoms with van der Waals surface area (Å²) in [7, 11) is 0. The van der Waals surface area contributed by atoms with Gasteiger partial charge >= 0.3 is 0 Å². The first-order valence-electron chi connectivity index (χ1n) is 7.06. The third kappa shape index (κ3) is 3.50. The summed E-state index contributed by atoms with van der Waals surface area (Å²) in [6, 6.07) is 10.4. The summed E-state index contributed by atoms with van der Waals surface area (Å²) in [5.41, 5.74) is 3.25. The molecule has 110 valence electrons. The van der Waals surface area contributed by atoms with Crippen molar-refractivity contribution in [3.05, 3.63) is 69.2 Å². The van der Waals surface area contributed by atoms with E-state index < -0.39 is 11.6 Å². The van der Waals surface area contributed by atoms with E-state index in [1.807, 2.05) is 0 Å². The lowest BCUT2D eigenvalue weighted by molar-refractivity contribution is 0.450. The maximum atomic E-state index is 13.6. The highest BCUT2D eigenvalue weighted by Crippen LogP contribution is 2.25. The molecule has 1 atom stereocenters. The van der Waals surface area contributed by atoms with Crippen LogP contribution in [0.2, 0.25) is 0 Å². The summed E-state index contributed by atoms with van der Waals surface area (Å²) in [6.07, 6.45) is 3.01. The first-order chi connectivity index (χ1) is 10.1. The van der Waals surface area contributed by atoms with Gasteiger partial charge in [-0.3, -0.25) is 0 Å². The van der Waals surface area contributed by atoms with Crippen LogP contribution in [-0.4, -0.2) is 6.04 Å². The summed E-state index contributed by atoms with van der Waals surface area (Å²) in [5.74, 6) is -1.02. The quantitative estimate of drug-likeness (QED) is 0.865. The summed E-state index contributed by atoms with van der Waals surface area (Å²) in [4.78, 5) is 0. The van der Waals surface area contributed by atoms with Crippen LogP contribution in [-0.2, 0) is 19.4 Å². The average molecular weight is 352 g/mol. The molecule has 1 nitrogen and oxygen atoms in total. The molecule has 0 radical (unpaired) electrons. The van der Waals surface area contributed by atoms with Crippen LogP contribution in [0.25, 0.3) is 0 Å². The number of aryl methyl sites for hydroxylation is 1. The van der Waals surface area contributed by atoms with Gasteiger partial charge in [0.25, 0.3) is 0 Å². The lowest BCUT2D eigenvalue weighted by Crippen LogP contribution is -2.34. The normalized spacial score (nSPS) is 17.6. The van der Waals surface area contributed by atoms with Crippen LogP contribution >= 0.6 is 15.9 Å². The Labute approximate surface area is 131 Å². The van der Waals surface area contributed by atoms with E-state index in [-0.39, 0.29) is 0 Å². The van der Waals surface area contributed by atoms with E-state index in [4.69, 9.17) is 0 Å². The second-order valence-electron chi connectivity index (χ2n) is 5.47. The van der Waals surface area contributed by atoms with Gasteiger partial charge in [0.05, 0.1) is 0 Å². The molecular formula is C17H16BrF2N. The van der Waals surface area contributed by atoms with Crippen LogP contribution in [0.4, 0.5) is 8.78 Å². The molecule has 1 aliphatic rings. The molecule has 1 N–H and O–H groups in total. The molecule has 0 heterocycles. The fourth-order valence-electron chi connectivity index (χ4n) is 2.82. The zero-order valence-corrected chi connectivity index (χ0v) is 13.1. The first kappa shape index (κ1) is 14.7. The maximum Gasteiger partial charge on any atom is 0.130 e. The minimum atomic E-state index is -0.534. The van der Waals surface area contributed by atoms with Gasteiger partial charge in [0, 0.05) is 28.7 Å². The van der Waals surface area contributed by atoms with Crippen molar-refractivity contribution >= 4 is 15.9 Å². The van der Waals surface area contributed by atoms with E-state index in [1.165, 1.54) is 23.3 Å². The number of benzene rings is 2. The number of nitrogens with one attached hydrogen (secondary N) is 1. The van der Waals surface area contributed by atoms with E-state index in [0.717, 1.165) is 29.8 Å². The van der Waals surface area contributed by atoms with Gasteiger partial charge in [0.2, 0.25) is 0 Å². The van der Waals surface area contributed by atoms with Crippen molar-refractivity contribution < 1.29 is 8.78 Å². The second kappa shape index (κ2) is 6.24. The predicted octanol–water partition coefficient (Wildman–Crippen LogP) is 4.37. The number of fused-ring (bicyclic) bond motifs is 1. The third-order valence-electron chi connectivity index (χ3n) is 3.99. The second-order valence-corrected chi connectivity index (χ2v) is 6.39. The minimum Gasteiger partial charge on any atom is -0.309 e. The van der Waals surface area contributed by atoms with E-state index in [2.05, 4.69) is 39.4 Å². The van der Waals surface area contributed by atoms with Crippen molar-refractivity contribution in [1.82, 2.24) is 5.32 Å². The standard InChI is InChI=1S/C17H16BrF2N/c18-14-4-1-12-8-16(6-3-11(12)7-14)21-10-13-2-5-15(19)9-17(13)20/h1-2,4-5,7,9,16,21H,3,6,8,10H2. The Morgan fingerprint density at radius 1 is 1.10 bits per heavy atom. The van der Waals surface area contributed by atoms with Crippen molar-refractivity contribution in [3.8, 4) is 0 Å². The smallest absolute Gasteiger partial charge is 0.130 e. The zero-order chi connectivity index (χ0) is 14.8. The molecule has 0 fully saturated rings. The molecule has 2 aromatic carbocycles. The summed E-state index contributed by atoms with van der Waals surface area (Å²) in [5, 5.41) is 3.38. The van der Waals surface area contributed by atoms with Gasteiger partial charge in [-0.05, 0) is 48.6 Å². The van der Waals surface area contributed by atoms with Gasteiger partial charge < -0.3 is 5.32 Å². The zero-order valence-electron chi connectivity index (χ0n) is 11.5. The average Bonchev–Trinajstić information content (AvgIpc) is 2.46. The number of hydrogen-bond donors (Lipinski definition) is 1. The molecule has 3 rings (SSSR count). The summed E-state index contributed by atoms with van der Waals surface area (Å²) >= 11 is 3.49. The molecule has 0 saturated heterocycles. The van der Waals surface area contributed by atoms with Crippen LogP contribution < -0.4 is 5.32 Å². The molecule has 1 unspecified atom stereocenters. The lowest BCUT2D eigenvalue weighted by Gasteiger charge is -2.26. The third-order valence-corrected chi connectivity index (χ3v) is 4.49. The molecule has 0 spiro atoms.